The summed E-state index contributed by atoms with van der Waals surface area (Å²) in [5.74, 6) is 0.412. The second-order valence-corrected chi connectivity index (χ2v) is 4.99. The molecule has 0 aliphatic carbocycles. The van der Waals surface area contributed by atoms with Gasteiger partial charge in [-0.3, -0.25) is 9.69 Å². The van der Waals surface area contributed by atoms with E-state index in [1.165, 1.54) is 0 Å². The molecule has 5 heteroatoms. The highest BCUT2D eigenvalue weighted by molar-refractivity contribution is 5.76. The van der Waals surface area contributed by atoms with Crippen LogP contribution >= 0.6 is 0 Å². The van der Waals surface area contributed by atoms with Crippen molar-refractivity contribution in [3.05, 3.63) is 29.8 Å². The summed E-state index contributed by atoms with van der Waals surface area (Å²) in [7, 11) is 1.60. The van der Waals surface area contributed by atoms with Crippen molar-refractivity contribution < 1.29 is 9.53 Å². The minimum absolute atomic E-state index is 0.0664. The first-order chi connectivity index (χ1) is 9.67. The molecule has 106 valence electrons. The Balaban J connectivity index is 2.14. The topological polar surface area (TPSA) is 79.3 Å². The predicted octanol–water partition coefficient (Wildman–Crippen LogP) is 1.46. The van der Waals surface area contributed by atoms with E-state index in [1.54, 1.807) is 7.11 Å². The van der Waals surface area contributed by atoms with Crippen LogP contribution in [-0.2, 0) is 4.79 Å². The number of rotatable bonds is 4. The number of nitriles is 1. The van der Waals surface area contributed by atoms with Crippen molar-refractivity contribution in [1.82, 2.24) is 4.90 Å². The molecular weight excluding hydrogens is 254 g/mol. The van der Waals surface area contributed by atoms with Crippen molar-refractivity contribution in [2.24, 2.45) is 11.7 Å². The van der Waals surface area contributed by atoms with Gasteiger partial charge in [-0.05, 0) is 18.9 Å². The van der Waals surface area contributed by atoms with Crippen molar-refractivity contribution in [1.29, 1.82) is 5.26 Å². The minimum Gasteiger partial charge on any atom is -0.496 e. The average molecular weight is 273 g/mol. The summed E-state index contributed by atoms with van der Waals surface area (Å²) < 4.78 is 5.33. The van der Waals surface area contributed by atoms with E-state index in [2.05, 4.69) is 11.0 Å². The lowest BCUT2D eigenvalue weighted by molar-refractivity contribution is -0.123. The van der Waals surface area contributed by atoms with Crippen molar-refractivity contribution in [2.75, 3.05) is 20.2 Å². The number of para-hydroxylation sites is 1. The van der Waals surface area contributed by atoms with E-state index in [9.17, 15) is 10.1 Å². The largest absolute Gasteiger partial charge is 0.496 e. The number of primary amides is 1. The first-order valence-electron chi connectivity index (χ1n) is 6.73. The van der Waals surface area contributed by atoms with Crippen LogP contribution in [0.25, 0.3) is 0 Å². The molecule has 0 saturated carbocycles. The number of amides is 1. The number of hydrogen-bond acceptors (Lipinski definition) is 4. The van der Waals surface area contributed by atoms with Gasteiger partial charge in [-0.1, -0.05) is 18.2 Å². The van der Waals surface area contributed by atoms with E-state index in [0.717, 1.165) is 11.3 Å². The molecule has 1 heterocycles. The number of hydrogen-bond donors (Lipinski definition) is 1. The smallest absolute Gasteiger partial charge is 0.220 e. The van der Waals surface area contributed by atoms with Crippen LogP contribution in [0.5, 0.6) is 5.75 Å². The fraction of sp³-hybridized carbons (Fsp3) is 0.467. The van der Waals surface area contributed by atoms with Gasteiger partial charge in [-0.25, -0.2) is 0 Å². The van der Waals surface area contributed by atoms with Gasteiger partial charge in [0.2, 0.25) is 5.91 Å². The summed E-state index contributed by atoms with van der Waals surface area (Å²) in [6.07, 6.45) is 1.42. The van der Waals surface area contributed by atoms with Gasteiger partial charge < -0.3 is 10.5 Å². The Morgan fingerprint density at radius 2 is 2.10 bits per heavy atom. The maximum absolute atomic E-state index is 11.2. The van der Waals surface area contributed by atoms with Gasteiger partial charge in [0.05, 0.1) is 13.2 Å². The number of piperidine rings is 1. The highest BCUT2D eigenvalue weighted by Gasteiger charge is 2.29. The number of methoxy groups -OCH3 is 1. The van der Waals surface area contributed by atoms with Crippen molar-refractivity contribution in [2.45, 2.75) is 18.9 Å². The van der Waals surface area contributed by atoms with Crippen LogP contribution in [-0.4, -0.2) is 31.0 Å². The quantitative estimate of drug-likeness (QED) is 0.900. The molecule has 5 nitrogen and oxygen atoms in total. The highest BCUT2D eigenvalue weighted by atomic mass is 16.5. The molecule has 0 radical (unpaired) electrons. The Hall–Kier alpha value is -2.06. The van der Waals surface area contributed by atoms with E-state index in [0.29, 0.717) is 25.9 Å². The molecule has 1 atom stereocenters. The number of ether oxygens (including phenoxy) is 1. The van der Waals surface area contributed by atoms with Gasteiger partial charge in [-0.15, -0.1) is 0 Å². The van der Waals surface area contributed by atoms with Crippen LogP contribution in [0.2, 0.25) is 0 Å². The van der Waals surface area contributed by atoms with Gasteiger partial charge in [0.1, 0.15) is 11.8 Å². The second kappa shape index (κ2) is 6.40. The summed E-state index contributed by atoms with van der Waals surface area (Å²) in [6, 6.07) is 9.54. The average Bonchev–Trinajstić information content (AvgIpc) is 2.49. The third kappa shape index (κ3) is 2.91. The van der Waals surface area contributed by atoms with Crippen molar-refractivity contribution in [3.63, 3.8) is 0 Å². The molecule has 0 bridgehead atoms. The third-order valence-corrected chi connectivity index (χ3v) is 3.85. The van der Waals surface area contributed by atoms with E-state index >= 15 is 0 Å². The van der Waals surface area contributed by atoms with Gasteiger partial charge in [0.15, 0.2) is 0 Å². The SMILES string of the molecule is COc1ccccc1C(C#N)N1CCC(C(N)=O)CC1. The van der Waals surface area contributed by atoms with Crippen LogP contribution < -0.4 is 10.5 Å². The van der Waals surface area contributed by atoms with Crippen LogP contribution in [0.15, 0.2) is 24.3 Å². The lowest BCUT2D eigenvalue weighted by atomic mass is 9.94. The van der Waals surface area contributed by atoms with Gasteiger partial charge in [0, 0.05) is 24.6 Å². The molecule has 1 unspecified atom stereocenters. The highest BCUT2D eigenvalue weighted by Crippen LogP contribution is 2.31. The van der Waals surface area contributed by atoms with E-state index in [4.69, 9.17) is 10.5 Å². The number of nitrogens with two attached hydrogens (primary N) is 1. The van der Waals surface area contributed by atoms with E-state index in [-0.39, 0.29) is 17.9 Å². The molecule has 20 heavy (non-hydrogen) atoms. The molecule has 1 aliphatic heterocycles. The van der Waals surface area contributed by atoms with E-state index < -0.39 is 0 Å². The fourth-order valence-electron chi connectivity index (χ4n) is 2.68. The maximum Gasteiger partial charge on any atom is 0.220 e. The van der Waals surface area contributed by atoms with Crippen LogP contribution in [0, 0.1) is 17.2 Å². The predicted molar refractivity (Wildman–Crippen MR) is 74.8 cm³/mol. The Labute approximate surface area is 118 Å². The van der Waals surface area contributed by atoms with Gasteiger partial charge in [0.25, 0.3) is 0 Å². The number of nitrogens with zero attached hydrogens (tertiary/aromatic N) is 2. The third-order valence-electron chi connectivity index (χ3n) is 3.85. The summed E-state index contributed by atoms with van der Waals surface area (Å²) in [6.45, 7) is 1.40. The second-order valence-electron chi connectivity index (χ2n) is 4.99. The zero-order chi connectivity index (χ0) is 14.5. The maximum atomic E-state index is 11.2. The Morgan fingerprint density at radius 3 is 2.65 bits per heavy atom. The lowest BCUT2D eigenvalue weighted by Gasteiger charge is -2.34. The van der Waals surface area contributed by atoms with Crippen LogP contribution in [0.1, 0.15) is 24.4 Å². The number of carbonyl (C=O) groups excluding carboxylic acids is 1. The zero-order valence-corrected chi connectivity index (χ0v) is 11.6. The summed E-state index contributed by atoms with van der Waals surface area (Å²) in [5, 5.41) is 9.49. The standard InChI is InChI=1S/C15H19N3O2/c1-20-14-5-3-2-4-12(14)13(10-16)18-8-6-11(7-9-18)15(17)19/h2-5,11,13H,6-9H2,1H3,(H2,17,19). The summed E-state index contributed by atoms with van der Waals surface area (Å²) in [5.41, 5.74) is 6.21. The van der Waals surface area contributed by atoms with Crippen molar-refractivity contribution >= 4 is 5.91 Å². The molecular formula is C15H19N3O2. The molecule has 0 spiro atoms. The zero-order valence-electron chi connectivity index (χ0n) is 11.6. The molecule has 1 aliphatic rings. The molecule has 2 N–H and O–H groups in total. The molecule has 2 rings (SSSR count). The first-order valence-corrected chi connectivity index (χ1v) is 6.73. The van der Waals surface area contributed by atoms with Crippen molar-refractivity contribution in [3.8, 4) is 11.8 Å². The Kier molecular flexibility index (Phi) is 4.59. The molecule has 1 aromatic rings. The first kappa shape index (κ1) is 14.4. The lowest BCUT2D eigenvalue weighted by Crippen LogP contribution is -2.40. The number of benzene rings is 1. The monoisotopic (exact) mass is 273 g/mol. The number of likely N-dealkylation sites (tertiary alicyclic amines) is 1. The molecule has 1 amide bonds. The molecule has 1 aromatic carbocycles. The molecule has 1 fully saturated rings. The fourth-order valence-corrected chi connectivity index (χ4v) is 2.68. The van der Waals surface area contributed by atoms with E-state index in [1.807, 2.05) is 24.3 Å². The number of carbonyl (C=O) groups is 1. The summed E-state index contributed by atoms with van der Waals surface area (Å²) in [4.78, 5) is 13.3. The molecule has 1 saturated heterocycles. The Bertz CT molecular complexity index is 516. The molecule has 0 aromatic heterocycles. The van der Waals surface area contributed by atoms with Crippen LogP contribution in [0.4, 0.5) is 0 Å². The minimum atomic E-state index is -0.347. The van der Waals surface area contributed by atoms with Gasteiger partial charge in [-0.2, -0.15) is 5.26 Å². The van der Waals surface area contributed by atoms with Gasteiger partial charge >= 0.3 is 0 Å². The Morgan fingerprint density at radius 1 is 1.45 bits per heavy atom. The van der Waals surface area contributed by atoms with Crippen LogP contribution in [0.3, 0.4) is 0 Å². The summed E-state index contributed by atoms with van der Waals surface area (Å²) >= 11 is 0. The normalized spacial score (nSPS) is 18.2.